The highest BCUT2D eigenvalue weighted by molar-refractivity contribution is 5.73. The van der Waals surface area contributed by atoms with Crippen LogP contribution in [-0.2, 0) is 11.3 Å². The normalized spacial score (nSPS) is 15.9. The second kappa shape index (κ2) is 5.30. The summed E-state index contributed by atoms with van der Waals surface area (Å²) in [6, 6.07) is 0. The molecule has 0 aliphatic carbocycles. The molecule has 1 fully saturated rings. The van der Waals surface area contributed by atoms with E-state index in [1.807, 2.05) is 11.8 Å². The Balaban J connectivity index is 2.14. The molecule has 1 aromatic heterocycles. The summed E-state index contributed by atoms with van der Waals surface area (Å²) in [5.74, 6) is 1.79. The SMILES string of the molecule is CC(=O)N1CCN(c2nc(C)ncc2CN)CC1. The molecule has 1 saturated heterocycles. The number of amides is 1. The van der Waals surface area contributed by atoms with Crippen LogP contribution in [0.15, 0.2) is 6.20 Å². The van der Waals surface area contributed by atoms with Crippen LogP contribution in [-0.4, -0.2) is 47.0 Å². The number of aryl methyl sites for hydroxylation is 1. The Morgan fingerprint density at radius 2 is 2.06 bits per heavy atom. The number of hydrogen-bond acceptors (Lipinski definition) is 5. The Kier molecular flexibility index (Phi) is 3.76. The fraction of sp³-hybridized carbons (Fsp3) is 0.583. The van der Waals surface area contributed by atoms with Gasteiger partial charge in [-0.25, -0.2) is 9.97 Å². The Bertz CT molecular complexity index is 440. The highest BCUT2D eigenvalue weighted by atomic mass is 16.2. The van der Waals surface area contributed by atoms with Crippen molar-refractivity contribution in [2.24, 2.45) is 5.73 Å². The lowest BCUT2D eigenvalue weighted by Gasteiger charge is -2.35. The van der Waals surface area contributed by atoms with Crippen LogP contribution in [0.25, 0.3) is 0 Å². The molecular formula is C12H19N5O. The van der Waals surface area contributed by atoms with Crippen LogP contribution in [0.4, 0.5) is 5.82 Å². The molecule has 1 aromatic rings. The molecule has 1 aliphatic heterocycles. The molecule has 6 heteroatoms. The fourth-order valence-corrected chi connectivity index (χ4v) is 2.13. The Labute approximate surface area is 107 Å². The van der Waals surface area contributed by atoms with Crippen molar-refractivity contribution in [1.82, 2.24) is 14.9 Å². The average molecular weight is 249 g/mol. The lowest BCUT2D eigenvalue weighted by atomic mass is 10.2. The molecule has 18 heavy (non-hydrogen) atoms. The molecule has 0 radical (unpaired) electrons. The third-order valence-electron chi connectivity index (χ3n) is 3.21. The van der Waals surface area contributed by atoms with Gasteiger partial charge in [0.2, 0.25) is 5.91 Å². The summed E-state index contributed by atoms with van der Waals surface area (Å²) in [5, 5.41) is 0. The van der Waals surface area contributed by atoms with Gasteiger partial charge in [-0.2, -0.15) is 0 Å². The quantitative estimate of drug-likeness (QED) is 0.793. The van der Waals surface area contributed by atoms with E-state index < -0.39 is 0 Å². The van der Waals surface area contributed by atoms with Crippen LogP contribution in [0, 0.1) is 6.92 Å². The van der Waals surface area contributed by atoms with Gasteiger partial charge in [-0.05, 0) is 6.92 Å². The van der Waals surface area contributed by atoms with Crippen LogP contribution < -0.4 is 10.6 Å². The zero-order valence-electron chi connectivity index (χ0n) is 10.9. The van der Waals surface area contributed by atoms with E-state index in [-0.39, 0.29) is 5.91 Å². The maximum Gasteiger partial charge on any atom is 0.219 e. The lowest BCUT2D eigenvalue weighted by Crippen LogP contribution is -2.48. The lowest BCUT2D eigenvalue weighted by molar-refractivity contribution is -0.129. The van der Waals surface area contributed by atoms with Crippen molar-refractivity contribution in [3.63, 3.8) is 0 Å². The number of nitrogens with two attached hydrogens (primary N) is 1. The molecule has 0 aromatic carbocycles. The third kappa shape index (κ3) is 2.59. The van der Waals surface area contributed by atoms with Gasteiger partial charge >= 0.3 is 0 Å². The summed E-state index contributed by atoms with van der Waals surface area (Å²) in [6.07, 6.45) is 1.79. The molecule has 98 valence electrons. The number of piperazine rings is 1. The van der Waals surface area contributed by atoms with E-state index in [0.29, 0.717) is 6.54 Å². The number of hydrogen-bond donors (Lipinski definition) is 1. The fourth-order valence-electron chi connectivity index (χ4n) is 2.13. The predicted octanol–water partition coefficient (Wildman–Crippen LogP) is -0.0878. The number of anilines is 1. The molecule has 1 amide bonds. The predicted molar refractivity (Wildman–Crippen MR) is 69.1 cm³/mol. The summed E-state index contributed by atoms with van der Waals surface area (Å²) in [6.45, 7) is 6.98. The molecule has 0 unspecified atom stereocenters. The average Bonchev–Trinajstić information content (AvgIpc) is 2.39. The van der Waals surface area contributed by atoms with E-state index in [1.54, 1.807) is 13.1 Å². The second-order valence-corrected chi connectivity index (χ2v) is 4.46. The first-order valence-corrected chi connectivity index (χ1v) is 6.15. The standard InChI is InChI=1S/C12H19N5O/c1-9-14-8-11(7-13)12(15-9)17-5-3-16(4-6-17)10(2)18/h8H,3-7,13H2,1-2H3. The van der Waals surface area contributed by atoms with Crippen molar-refractivity contribution in [2.45, 2.75) is 20.4 Å². The zero-order chi connectivity index (χ0) is 13.1. The molecule has 0 bridgehead atoms. The summed E-state index contributed by atoms with van der Waals surface area (Å²) in [4.78, 5) is 23.9. The van der Waals surface area contributed by atoms with Gasteiger partial charge in [0.05, 0.1) is 0 Å². The van der Waals surface area contributed by atoms with Crippen molar-refractivity contribution >= 4 is 11.7 Å². The Hall–Kier alpha value is -1.69. The minimum absolute atomic E-state index is 0.132. The first kappa shape index (κ1) is 12.8. The second-order valence-electron chi connectivity index (χ2n) is 4.46. The van der Waals surface area contributed by atoms with E-state index in [0.717, 1.165) is 43.4 Å². The van der Waals surface area contributed by atoms with Gasteiger partial charge in [0.1, 0.15) is 11.6 Å². The number of aromatic nitrogens is 2. The van der Waals surface area contributed by atoms with E-state index in [2.05, 4.69) is 14.9 Å². The molecule has 2 heterocycles. The van der Waals surface area contributed by atoms with Crippen molar-refractivity contribution in [3.05, 3.63) is 17.6 Å². The monoisotopic (exact) mass is 249 g/mol. The molecule has 0 spiro atoms. The summed E-state index contributed by atoms with van der Waals surface area (Å²) in [5.41, 5.74) is 6.67. The van der Waals surface area contributed by atoms with Gasteiger partial charge in [-0.3, -0.25) is 4.79 Å². The summed E-state index contributed by atoms with van der Waals surface area (Å²) in [7, 11) is 0. The van der Waals surface area contributed by atoms with Gasteiger partial charge in [-0.1, -0.05) is 0 Å². The largest absolute Gasteiger partial charge is 0.353 e. The van der Waals surface area contributed by atoms with E-state index in [1.165, 1.54) is 0 Å². The molecular weight excluding hydrogens is 230 g/mol. The highest BCUT2D eigenvalue weighted by Crippen LogP contribution is 2.18. The number of nitrogens with zero attached hydrogens (tertiary/aromatic N) is 4. The first-order valence-electron chi connectivity index (χ1n) is 6.15. The molecule has 2 N–H and O–H groups in total. The van der Waals surface area contributed by atoms with Crippen LogP contribution in [0.1, 0.15) is 18.3 Å². The van der Waals surface area contributed by atoms with Crippen molar-refractivity contribution in [1.29, 1.82) is 0 Å². The first-order chi connectivity index (χ1) is 8.61. The Morgan fingerprint density at radius 1 is 1.39 bits per heavy atom. The molecule has 1 aliphatic rings. The van der Waals surface area contributed by atoms with Crippen LogP contribution in [0.2, 0.25) is 0 Å². The summed E-state index contributed by atoms with van der Waals surface area (Å²) >= 11 is 0. The third-order valence-corrected chi connectivity index (χ3v) is 3.21. The highest BCUT2D eigenvalue weighted by Gasteiger charge is 2.21. The van der Waals surface area contributed by atoms with Crippen LogP contribution in [0.5, 0.6) is 0 Å². The van der Waals surface area contributed by atoms with Gasteiger partial charge in [0, 0.05) is 51.4 Å². The topological polar surface area (TPSA) is 75.4 Å². The van der Waals surface area contributed by atoms with Gasteiger partial charge in [-0.15, -0.1) is 0 Å². The number of carbonyl (C=O) groups excluding carboxylic acids is 1. The van der Waals surface area contributed by atoms with Crippen LogP contribution in [0.3, 0.4) is 0 Å². The maximum atomic E-state index is 11.3. The van der Waals surface area contributed by atoms with Gasteiger partial charge in [0.15, 0.2) is 0 Å². The van der Waals surface area contributed by atoms with Crippen LogP contribution >= 0.6 is 0 Å². The van der Waals surface area contributed by atoms with Crippen molar-refractivity contribution in [2.75, 3.05) is 31.1 Å². The van der Waals surface area contributed by atoms with Gasteiger partial charge in [0.25, 0.3) is 0 Å². The zero-order valence-corrected chi connectivity index (χ0v) is 10.9. The maximum absolute atomic E-state index is 11.3. The van der Waals surface area contributed by atoms with E-state index in [9.17, 15) is 4.79 Å². The van der Waals surface area contributed by atoms with E-state index >= 15 is 0 Å². The smallest absolute Gasteiger partial charge is 0.219 e. The number of rotatable bonds is 2. The summed E-state index contributed by atoms with van der Waals surface area (Å²) < 4.78 is 0. The van der Waals surface area contributed by atoms with Crippen molar-refractivity contribution < 1.29 is 4.79 Å². The van der Waals surface area contributed by atoms with Crippen molar-refractivity contribution in [3.8, 4) is 0 Å². The van der Waals surface area contributed by atoms with E-state index in [4.69, 9.17) is 5.73 Å². The molecule has 0 saturated carbocycles. The molecule has 6 nitrogen and oxygen atoms in total. The van der Waals surface area contributed by atoms with Gasteiger partial charge < -0.3 is 15.5 Å². The minimum atomic E-state index is 0.132. The molecule has 0 atom stereocenters. The Morgan fingerprint density at radius 3 is 2.61 bits per heavy atom. The number of carbonyl (C=O) groups is 1. The molecule has 2 rings (SSSR count). The minimum Gasteiger partial charge on any atom is -0.353 e.